The maximum Gasteiger partial charge on any atom is 0.242 e. The predicted octanol–water partition coefficient (Wildman–Crippen LogP) is 6.85. The van der Waals surface area contributed by atoms with Crippen LogP contribution in [-0.4, -0.2) is 28.3 Å². The fourth-order valence-electron chi connectivity index (χ4n) is 3.98. The first-order valence-electron chi connectivity index (χ1n) is 11.7. The molecule has 184 valence electrons. The van der Waals surface area contributed by atoms with Crippen molar-refractivity contribution in [3.05, 3.63) is 106 Å². The van der Waals surface area contributed by atoms with Crippen molar-refractivity contribution in [2.75, 3.05) is 0 Å². The largest absolute Gasteiger partial charge is 0.350 e. The molecule has 6 heteroatoms. The van der Waals surface area contributed by atoms with Gasteiger partial charge in [-0.2, -0.15) is 0 Å². The van der Waals surface area contributed by atoms with Gasteiger partial charge in [0.2, 0.25) is 11.8 Å². The van der Waals surface area contributed by atoms with Gasteiger partial charge in [0.05, 0.1) is 0 Å². The standard InChI is InChI=1S/C29H32Cl2N2O2/c1-20(28(35)32-29(2,3)4)33(19-23-15-16-24(30)17-26(23)31)27(34)18-25(21-11-7-5-8-12-21)22-13-9-6-10-14-22/h5-17,20,25H,18-19H2,1-4H3,(H,32,35)/t20-/m0/s1. The van der Waals surface area contributed by atoms with Gasteiger partial charge in [-0.25, -0.2) is 0 Å². The van der Waals surface area contributed by atoms with Crippen LogP contribution in [0.25, 0.3) is 0 Å². The lowest BCUT2D eigenvalue weighted by Gasteiger charge is -2.33. The minimum absolute atomic E-state index is 0.134. The van der Waals surface area contributed by atoms with E-state index >= 15 is 0 Å². The van der Waals surface area contributed by atoms with Crippen LogP contribution in [0.2, 0.25) is 10.0 Å². The van der Waals surface area contributed by atoms with E-state index < -0.39 is 11.6 Å². The second kappa shape index (κ2) is 11.7. The minimum Gasteiger partial charge on any atom is -0.350 e. The Morgan fingerprint density at radius 1 is 0.886 bits per heavy atom. The average Bonchev–Trinajstić information content (AvgIpc) is 2.81. The van der Waals surface area contributed by atoms with E-state index in [1.807, 2.05) is 81.4 Å². The molecule has 0 radical (unpaired) electrons. The molecule has 4 nitrogen and oxygen atoms in total. The van der Waals surface area contributed by atoms with Crippen LogP contribution in [0.1, 0.15) is 56.7 Å². The fraction of sp³-hybridized carbons (Fsp3) is 0.310. The third-order valence-corrected chi connectivity index (χ3v) is 6.39. The van der Waals surface area contributed by atoms with E-state index in [9.17, 15) is 9.59 Å². The maximum atomic E-state index is 13.9. The van der Waals surface area contributed by atoms with Crippen LogP contribution in [0.5, 0.6) is 0 Å². The summed E-state index contributed by atoms with van der Waals surface area (Å²) in [6.45, 7) is 7.70. The molecular formula is C29H32Cl2N2O2. The zero-order chi connectivity index (χ0) is 25.6. The van der Waals surface area contributed by atoms with E-state index in [4.69, 9.17) is 23.2 Å². The zero-order valence-corrected chi connectivity index (χ0v) is 22.1. The zero-order valence-electron chi connectivity index (χ0n) is 20.6. The summed E-state index contributed by atoms with van der Waals surface area (Å²) >= 11 is 12.5. The smallest absolute Gasteiger partial charge is 0.242 e. The summed E-state index contributed by atoms with van der Waals surface area (Å²) in [6, 6.07) is 24.4. The molecule has 1 N–H and O–H groups in total. The molecule has 3 aromatic rings. The van der Waals surface area contributed by atoms with E-state index in [1.54, 1.807) is 30.0 Å². The molecule has 1 atom stereocenters. The highest BCUT2D eigenvalue weighted by atomic mass is 35.5. The van der Waals surface area contributed by atoms with E-state index in [2.05, 4.69) is 5.32 Å². The van der Waals surface area contributed by atoms with Crippen molar-refractivity contribution < 1.29 is 9.59 Å². The molecule has 0 saturated carbocycles. The van der Waals surface area contributed by atoms with Crippen LogP contribution in [0.3, 0.4) is 0 Å². The third kappa shape index (κ3) is 7.58. The molecule has 3 rings (SSSR count). The van der Waals surface area contributed by atoms with Gasteiger partial charge in [-0.1, -0.05) is 89.9 Å². The van der Waals surface area contributed by atoms with Crippen LogP contribution in [-0.2, 0) is 16.1 Å². The van der Waals surface area contributed by atoms with Crippen LogP contribution in [0, 0.1) is 0 Å². The topological polar surface area (TPSA) is 49.4 Å². The molecule has 0 aromatic heterocycles. The molecule has 35 heavy (non-hydrogen) atoms. The Balaban J connectivity index is 1.95. The van der Waals surface area contributed by atoms with Crippen LogP contribution in [0.4, 0.5) is 0 Å². The van der Waals surface area contributed by atoms with Crippen molar-refractivity contribution in [2.24, 2.45) is 0 Å². The summed E-state index contributed by atoms with van der Waals surface area (Å²) in [4.78, 5) is 28.6. The van der Waals surface area contributed by atoms with Gasteiger partial charge >= 0.3 is 0 Å². The number of nitrogens with zero attached hydrogens (tertiary/aromatic N) is 1. The summed E-state index contributed by atoms with van der Waals surface area (Å²) < 4.78 is 0. The Morgan fingerprint density at radius 3 is 1.91 bits per heavy atom. The quantitative estimate of drug-likeness (QED) is 0.360. The van der Waals surface area contributed by atoms with Crippen molar-refractivity contribution in [1.29, 1.82) is 0 Å². The normalized spacial score (nSPS) is 12.3. The first-order chi connectivity index (χ1) is 16.5. The lowest BCUT2D eigenvalue weighted by Crippen LogP contribution is -2.52. The second-order valence-corrected chi connectivity index (χ2v) is 10.6. The summed E-state index contributed by atoms with van der Waals surface area (Å²) in [5.41, 5.74) is 2.40. The molecule has 0 unspecified atom stereocenters. The number of hydrogen-bond donors (Lipinski definition) is 1. The van der Waals surface area contributed by atoms with Gasteiger partial charge < -0.3 is 10.2 Å². The number of rotatable bonds is 8. The number of nitrogens with one attached hydrogen (secondary N) is 1. The third-order valence-electron chi connectivity index (χ3n) is 5.80. The molecule has 0 saturated heterocycles. The molecule has 0 heterocycles. The molecular weight excluding hydrogens is 479 g/mol. The SMILES string of the molecule is C[C@@H](C(=O)NC(C)(C)C)N(Cc1ccc(Cl)cc1Cl)C(=O)CC(c1ccccc1)c1ccccc1. The van der Waals surface area contributed by atoms with Crippen molar-refractivity contribution >= 4 is 35.0 Å². The van der Waals surface area contributed by atoms with Gasteiger partial charge in [0.1, 0.15) is 6.04 Å². The second-order valence-electron chi connectivity index (χ2n) is 9.75. The number of halogens is 2. The van der Waals surface area contributed by atoms with E-state index in [1.165, 1.54) is 0 Å². The number of hydrogen-bond acceptors (Lipinski definition) is 2. The monoisotopic (exact) mass is 510 g/mol. The molecule has 0 fully saturated rings. The average molecular weight is 511 g/mol. The van der Waals surface area contributed by atoms with Gasteiger partial charge in [-0.3, -0.25) is 9.59 Å². The molecule has 0 aliphatic carbocycles. The lowest BCUT2D eigenvalue weighted by atomic mass is 9.88. The van der Waals surface area contributed by atoms with Crippen LogP contribution >= 0.6 is 23.2 Å². The molecule has 0 aliphatic rings. The van der Waals surface area contributed by atoms with Crippen molar-refractivity contribution in [3.8, 4) is 0 Å². The first kappa shape index (κ1) is 26.8. The molecule has 0 bridgehead atoms. The molecule has 2 amide bonds. The highest BCUT2D eigenvalue weighted by Gasteiger charge is 2.31. The Labute approximate surface area is 218 Å². The van der Waals surface area contributed by atoms with Crippen molar-refractivity contribution in [3.63, 3.8) is 0 Å². The minimum atomic E-state index is -0.694. The Kier molecular flexibility index (Phi) is 8.98. The Morgan fingerprint density at radius 2 is 1.43 bits per heavy atom. The van der Waals surface area contributed by atoms with Crippen molar-refractivity contribution in [2.45, 2.75) is 58.2 Å². The van der Waals surface area contributed by atoms with Gasteiger partial charge in [0, 0.05) is 34.5 Å². The fourth-order valence-corrected chi connectivity index (χ4v) is 4.45. The molecule has 0 aliphatic heterocycles. The predicted molar refractivity (Wildman–Crippen MR) is 144 cm³/mol. The van der Waals surface area contributed by atoms with Gasteiger partial charge in [0.15, 0.2) is 0 Å². The van der Waals surface area contributed by atoms with E-state index in [0.29, 0.717) is 10.0 Å². The Bertz CT molecular complexity index is 1100. The number of carbonyl (C=O) groups excluding carboxylic acids is 2. The Hall–Kier alpha value is -2.82. The van der Waals surface area contributed by atoms with E-state index in [-0.39, 0.29) is 30.7 Å². The summed E-state index contributed by atoms with van der Waals surface area (Å²) in [5, 5.41) is 3.97. The van der Waals surface area contributed by atoms with Crippen LogP contribution < -0.4 is 5.32 Å². The van der Waals surface area contributed by atoms with Gasteiger partial charge in [-0.15, -0.1) is 0 Å². The summed E-state index contributed by atoms with van der Waals surface area (Å²) in [5.74, 6) is -0.497. The van der Waals surface area contributed by atoms with Gasteiger partial charge in [0.25, 0.3) is 0 Å². The van der Waals surface area contributed by atoms with Crippen molar-refractivity contribution in [1.82, 2.24) is 10.2 Å². The summed E-state index contributed by atoms with van der Waals surface area (Å²) in [7, 11) is 0. The van der Waals surface area contributed by atoms with E-state index in [0.717, 1.165) is 16.7 Å². The lowest BCUT2D eigenvalue weighted by molar-refractivity contribution is -0.141. The van der Waals surface area contributed by atoms with Crippen LogP contribution in [0.15, 0.2) is 78.9 Å². The highest BCUT2D eigenvalue weighted by Crippen LogP contribution is 2.30. The van der Waals surface area contributed by atoms with Gasteiger partial charge in [-0.05, 0) is 56.5 Å². The first-order valence-corrected chi connectivity index (χ1v) is 12.5. The number of amides is 2. The molecule has 3 aromatic carbocycles. The molecule has 0 spiro atoms. The maximum absolute atomic E-state index is 13.9. The number of benzene rings is 3. The summed E-state index contributed by atoms with van der Waals surface area (Å²) in [6.07, 6.45) is 0.215. The number of carbonyl (C=O) groups is 2. The highest BCUT2D eigenvalue weighted by molar-refractivity contribution is 6.35.